The Morgan fingerprint density at radius 3 is 2.79 bits per heavy atom. The van der Waals surface area contributed by atoms with Gasteiger partial charge in [0.1, 0.15) is 0 Å². The van der Waals surface area contributed by atoms with E-state index in [9.17, 15) is 0 Å². The molecule has 1 N–H and O–H groups in total. The average molecular weight is 194 g/mol. The van der Waals surface area contributed by atoms with E-state index in [-0.39, 0.29) is 0 Å². The number of nitrogens with zero attached hydrogens (tertiary/aromatic N) is 3. The van der Waals surface area contributed by atoms with Gasteiger partial charge >= 0.3 is 0 Å². The van der Waals surface area contributed by atoms with Crippen molar-refractivity contribution >= 4 is 0 Å². The summed E-state index contributed by atoms with van der Waals surface area (Å²) < 4.78 is 2.16. The van der Waals surface area contributed by atoms with Crippen molar-refractivity contribution in [3.63, 3.8) is 0 Å². The molecule has 2 heterocycles. The van der Waals surface area contributed by atoms with Gasteiger partial charge in [-0.3, -0.25) is 4.90 Å². The summed E-state index contributed by atoms with van der Waals surface area (Å²) >= 11 is 0. The van der Waals surface area contributed by atoms with Crippen LogP contribution in [0, 0.1) is 6.92 Å². The molecule has 0 aliphatic carbocycles. The number of aromatic nitrogens is 2. The van der Waals surface area contributed by atoms with Crippen molar-refractivity contribution in [2.75, 3.05) is 32.7 Å². The van der Waals surface area contributed by atoms with Crippen molar-refractivity contribution < 1.29 is 0 Å². The van der Waals surface area contributed by atoms with Crippen LogP contribution in [-0.2, 0) is 6.54 Å². The zero-order chi connectivity index (χ0) is 9.80. The number of rotatable bonds is 3. The zero-order valence-corrected chi connectivity index (χ0v) is 8.74. The van der Waals surface area contributed by atoms with Crippen LogP contribution in [0.15, 0.2) is 12.5 Å². The highest BCUT2D eigenvalue weighted by atomic mass is 15.2. The fraction of sp³-hybridized carbons (Fsp3) is 0.700. The van der Waals surface area contributed by atoms with Crippen LogP contribution < -0.4 is 5.32 Å². The van der Waals surface area contributed by atoms with Crippen molar-refractivity contribution in [2.45, 2.75) is 13.5 Å². The first-order valence-corrected chi connectivity index (χ1v) is 5.26. The van der Waals surface area contributed by atoms with Crippen LogP contribution in [0.1, 0.15) is 5.69 Å². The Labute approximate surface area is 84.9 Å². The molecule has 0 saturated carbocycles. The largest absolute Gasteiger partial charge is 0.336 e. The smallest absolute Gasteiger partial charge is 0.0949 e. The lowest BCUT2D eigenvalue weighted by molar-refractivity contribution is 0.232. The predicted octanol–water partition coefficient (Wildman–Crippen LogP) is 0.0967. The van der Waals surface area contributed by atoms with Crippen molar-refractivity contribution in [3.8, 4) is 0 Å². The Bertz CT molecular complexity index is 275. The van der Waals surface area contributed by atoms with E-state index in [0.717, 1.165) is 31.9 Å². The molecule has 0 bridgehead atoms. The minimum absolute atomic E-state index is 1.06. The maximum atomic E-state index is 4.21. The molecule has 0 spiro atoms. The van der Waals surface area contributed by atoms with E-state index in [0.29, 0.717) is 0 Å². The fourth-order valence-corrected chi connectivity index (χ4v) is 1.79. The number of hydrogen-bond donors (Lipinski definition) is 1. The molecule has 4 nitrogen and oxygen atoms in total. The molecule has 1 fully saturated rings. The van der Waals surface area contributed by atoms with E-state index in [2.05, 4.69) is 26.0 Å². The lowest BCUT2D eigenvalue weighted by Gasteiger charge is -2.27. The first kappa shape index (κ1) is 9.68. The summed E-state index contributed by atoms with van der Waals surface area (Å²) in [5.41, 5.74) is 1.10. The maximum Gasteiger partial charge on any atom is 0.0949 e. The van der Waals surface area contributed by atoms with Gasteiger partial charge < -0.3 is 9.88 Å². The first-order chi connectivity index (χ1) is 6.84. The van der Waals surface area contributed by atoms with Crippen molar-refractivity contribution in [3.05, 3.63) is 18.2 Å². The summed E-state index contributed by atoms with van der Waals surface area (Å²) in [6.07, 6.45) is 4.01. The topological polar surface area (TPSA) is 33.1 Å². The third kappa shape index (κ3) is 2.56. The highest BCUT2D eigenvalue weighted by Gasteiger charge is 2.08. The highest BCUT2D eigenvalue weighted by Crippen LogP contribution is 1.96. The molecule has 1 aromatic heterocycles. The molecule has 0 atom stereocenters. The number of aryl methyl sites for hydroxylation is 1. The van der Waals surface area contributed by atoms with Crippen LogP contribution >= 0.6 is 0 Å². The van der Waals surface area contributed by atoms with Gasteiger partial charge in [0.05, 0.1) is 12.0 Å². The minimum atomic E-state index is 1.06. The molecule has 1 saturated heterocycles. The molecule has 0 amide bonds. The number of hydrogen-bond acceptors (Lipinski definition) is 3. The molecular weight excluding hydrogens is 176 g/mol. The highest BCUT2D eigenvalue weighted by molar-refractivity contribution is 4.92. The van der Waals surface area contributed by atoms with Crippen LogP contribution in [0.25, 0.3) is 0 Å². The van der Waals surface area contributed by atoms with Gasteiger partial charge in [0.15, 0.2) is 0 Å². The molecule has 1 aliphatic heterocycles. The van der Waals surface area contributed by atoms with Crippen LogP contribution in [0.2, 0.25) is 0 Å². The van der Waals surface area contributed by atoms with Crippen LogP contribution in [-0.4, -0.2) is 47.2 Å². The van der Waals surface area contributed by atoms with Crippen molar-refractivity contribution in [1.82, 2.24) is 19.8 Å². The maximum absolute atomic E-state index is 4.21. The van der Waals surface area contributed by atoms with Gasteiger partial charge in [-0.15, -0.1) is 0 Å². The predicted molar refractivity (Wildman–Crippen MR) is 56.3 cm³/mol. The summed E-state index contributed by atoms with van der Waals surface area (Å²) in [5.74, 6) is 0. The minimum Gasteiger partial charge on any atom is -0.336 e. The molecule has 4 heteroatoms. The van der Waals surface area contributed by atoms with Gasteiger partial charge in [-0.2, -0.15) is 0 Å². The van der Waals surface area contributed by atoms with Gasteiger partial charge in [0, 0.05) is 45.5 Å². The lowest BCUT2D eigenvalue weighted by atomic mass is 10.3. The van der Waals surface area contributed by atoms with Gasteiger partial charge in [-0.25, -0.2) is 4.98 Å². The lowest BCUT2D eigenvalue weighted by Crippen LogP contribution is -2.44. The van der Waals surface area contributed by atoms with Crippen molar-refractivity contribution in [2.24, 2.45) is 0 Å². The Morgan fingerprint density at radius 1 is 1.36 bits per heavy atom. The Kier molecular flexibility index (Phi) is 3.16. The second-order valence-corrected chi connectivity index (χ2v) is 3.84. The van der Waals surface area contributed by atoms with E-state index in [4.69, 9.17) is 0 Å². The fourth-order valence-electron chi connectivity index (χ4n) is 1.79. The molecule has 2 rings (SSSR count). The van der Waals surface area contributed by atoms with Gasteiger partial charge in [0.25, 0.3) is 0 Å². The molecule has 0 unspecified atom stereocenters. The van der Waals surface area contributed by atoms with E-state index >= 15 is 0 Å². The van der Waals surface area contributed by atoms with Gasteiger partial charge in [-0.05, 0) is 6.92 Å². The zero-order valence-electron chi connectivity index (χ0n) is 8.74. The molecule has 78 valence electrons. The van der Waals surface area contributed by atoms with E-state index in [1.54, 1.807) is 0 Å². The third-order valence-electron chi connectivity index (χ3n) is 2.65. The summed E-state index contributed by atoms with van der Waals surface area (Å²) in [5, 5.41) is 3.36. The van der Waals surface area contributed by atoms with E-state index in [1.807, 2.05) is 13.3 Å². The molecule has 0 radical (unpaired) electrons. The van der Waals surface area contributed by atoms with E-state index < -0.39 is 0 Å². The Balaban J connectivity index is 1.76. The van der Waals surface area contributed by atoms with Crippen LogP contribution in [0.5, 0.6) is 0 Å². The standard InChI is InChI=1S/C10H18N4/c1-10-8-14(9-12-10)7-6-13-4-2-11-3-5-13/h8-9,11H,2-7H2,1H3. The molecule has 0 aromatic carbocycles. The van der Waals surface area contributed by atoms with E-state index in [1.165, 1.54) is 13.1 Å². The number of nitrogens with one attached hydrogen (secondary N) is 1. The normalized spacial score (nSPS) is 18.6. The first-order valence-electron chi connectivity index (χ1n) is 5.26. The van der Waals surface area contributed by atoms with Crippen molar-refractivity contribution in [1.29, 1.82) is 0 Å². The monoisotopic (exact) mass is 194 g/mol. The quantitative estimate of drug-likeness (QED) is 0.740. The number of imidazole rings is 1. The summed E-state index contributed by atoms with van der Waals surface area (Å²) in [6.45, 7) is 8.83. The summed E-state index contributed by atoms with van der Waals surface area (Å²) in [7, 11) is 0. The summed E-state index contributed by atoms with van der Waals surface area (Å²) in [6, 6.07) is 0. The SMILES string of the molecule is Cc1cn(CCN2CCNCC2)cn1. The molecule has 1 aromatic rings. The Morgan fingerprint density at radius 2 is 2.14 bits per heavy atom. The molecule has 14 heavy (non-hydrogen) atoms. The average Bonchev–Trinajstić information content (AvgIpc) is 2.63. The van der Waals surface area contributed by atoms with Gasteiger partial charge in [-0.1, -0.05) is 0 Å². The second kappa shape index (κ2) is 4.57. The number of piperazine rings is 1. The molecular formula is C10H18N4. The van der Waals surface area contributed by atoms with Crippen LogP contribution in [0.4, 0.5) is 0 Å². The summed E-state index contributed by atoms with van der Waals surface area (Å²) in [4.78, 5) is 6.70. The van der Waals surface area contributed by atoms with Gasteiger partial charge in [0.2, 0.25) is 0 Å². The van der Waals surface area contributed by atoms with Crippen LogP contribution in [0.3, 0.4) is 0 Å². The third-order valence-corrected chi connectivity index (χ3v) is 2.65. The second-order valence-electron chi connectivity index (χ2n) is 3.84. The molecule has 1 aliphatic rings. The Hall–Kier alpha value is -0.870.